The molecule has 3 rings (SSSR count). The molecule has 1 saturated carbocycles. The Balaban J connectivity index is 2.09. The molecule has 0 spiro atoms. The second-order valence-corrected chi connectivity index (χ2v) is 4.83. The molecule has 1 fully saturated rings. The molecule has 0 aliphatic heterocycles. The molecule has 90 valence electrons. The summed E-state index contributed by atoms with van der Waals surface area (Å²) in [7, 11) is 0. The summed E-state index contributed by atoms with van der Waals surface area (Å²) in [5, 5.41) is 1.02. The standard InChI is InChI=1S/C14H17FN2/c15-11-3-6-14-10(8-11)9-13(2-1-7-16)17(14)12-4-5-12/h3,6,8-9,12H,1-2,4-5,7,16H2. The average molecular weight is 232 g/mol. The second kappa shape index (κ2) is 4.15. The Labute approximate surface area is 100 Å². The molecule has 0 radical (unpaired) electrons. The van der Waals surface area contributed by atoms with Crippen molar-refractivity contribution in [2.45, 2.75) is 31.7 Å². The minimum atomic E-state index is -0.157. The number of hydrogen-bond acceptors (Lipinski definition) is 1. The van der Waals surface area contributed by atoms with Gasteiger partial charge in [0.25, 0.3) is 0 Å². The highest BCUT2D eigenvalue weighted by molar-refractivity contribution is 5.81. The highest BCUT2D eigenvalue weighted by Gasteiger charge is 2.26. The summed E-state index contributed by atoms with van der Waals surface area (Å²) in [5.74, 6) is -0.157. The Hall–Kier alpha value is -1.35. The average Bonchev–Trinajstić information content (AvgIpc) is 3.08. The first kappa shape index (κ1) is 10.8. The van der Waals surface area contributed by atoms with Crippen molar-refractivity contribution in [2.24, 2.45) is 5.73 Å². The summed E-state index contributed by atoms with van der Waals surface area (Å²) < 4.78 is 15.6. The van der Waals surface area contributed by atoms with E-state index in [0.717, 1.165) is 18.2 Å². The van der Waals surface area contributed by atoms with Crippen LogP contribution in [0.2, 0.25) is 0 Å². The van der Waals surface area contributed by atoms with Crippen LogP contribution in [-0.2, 0) is 6.42 Å². The molecule has 2 N–H and O–H groups in total. The highest BCUT2D eigenvalue weighted by atomic mass is 19.1. The van der Waals surface area contributed by atoms with Crippen molar-refractivity contribution in [3.8, 4) is 0 Å². The van der Waals surface area contributed by atoms with Crippen LogP contribution >= 0.6 is 0 Å². The number of halogens is 1. The molecule has 17 heavy (non-hydrogen) atoms. The van der Waals surface area contributed by atoms with Crippen LogP contribution in [0.25, 0.3) is 10.9 Å². The summed E-state index contributed by atoms with van der Waals surface area (Å²) in [6, 6.07) is 7.82. The minimum Gasteiger partial charge on any atom is -0.342 e. The Morgan fingerprint density at radius 1 is 1.29 bits per heavy atom. The summed E-state index contributed by atoms with van der Waals surface area (Å²) in [5.41, 5.74) is 8.04. The summed E-state index contributed by atoms with van der Waals surface area (Å²) in [4.78, 5) is 0. The van der Waals surface area contributed by atoms with E-state index in [1.54, 1.807) is 12.1 Å². The van der Waals surface area contributed by atoms with E-state index in [1.165, 1.54) is 24.1 Å². The van der Waals surface area contributed by atoms with Gasteiger partial charge in [-0.15, -0.1) is 0 Å². The lowest BCUT2D eigenvalue weighted by molar-refractivity contribution is 0.629. The van der Waals surface area contributed by atoms with Crippen LogP contribution in [0.4, 0.5) is 4.39 Å². The Kier molecular flexibility index (Phi) is 2.63. The normalized spacial score (nSPS) is 15.6. The fourth-order valence-electron chi connectivity index (χ4n) is 2.50. The Morgan fingerprint density at radius 2 is 2.12 bits per heavy atom. The van der Waals surface area contributed by atoms with Crippen molar-refractivity contribution in [1.82, 2.24) is 4.57 Å². The van der Waals surface area contributed by atoms with Gasteiger partial charge in [-0.1, -0.05) is 0 Å². The molecule has 0 amide bonds. The SMILES string of the molecule is NCCCc1cc2cc(F)ccc2n1C1CC1. The largest absolute Gasteiger partial charge is 0.342 e. The van der Waals surface area contributed by atoms with Crippen LogP contribution in [-0.4, -0.2) is 11.1 Å². The number of benzene rings is 1. The van der Waals surface area contributed by atoms with Crippen molar-refractivity contribution in [3.05, 3.63) is 35.8 Å². The van der Waals surface area contributed by atoms with Crippen LogP contribution in [0.5, 0.6) is 0 Å². The molecule has 2 nitrogen and oxygen atoms in total. The molecule has 0 bridgehead atoms. The fraction of sp³-hybridized carbons (Fsp3) is 0.429. The van der Waals surface area contributed by atoms with E-state index in [4.69, 9.17) is 5.73 Å². The summed E-state index contributed by atoms with van der Waals surface area (Å²) in [6.45, 7) is 0.709. The van der Waals surface area contributed by atoms with Gasteiger partial charge in [0.2, 0.25) is 0 Å². The van der Waals surface area contributed by atoms with Crippen molar-refractivity contribution in [1.29, 1.82) is 0 Å². The maximum absolute atomic E-state index is 13.2. The van der Waals surface area contributed by atoms with E-state index in [0.29, 0.717) is 12.6 Å². The zero-order valence-corrected chi connectivity index (χ0v) is 9.82. The van der Waals surface area contributed by atoms with E-state index in [-0.39, 0.29) is 5.82 Å². The van der Waals surface area contributed by atoms with Gasteiger partial charge in [-0.2, -0.15) is 0 Å². The monoisotopic (exact) mass is 232 g/mol. The van der Waals surface area contributed by atoms with Crippen LogP contribution in [0.1, 0.15) is 31.0 Å². The number of hydrogen-bond donors (Lipinski definition) is 1. The van der Waals surface area contributed by atoms with Gasteiger partial charge in [0.1, 0.15) is 5.82 Å². The van der Waals surface area contributed by atoms with Crippen molar-refractivity contribution < 1.29 is 4.39 Å². The lowest BCUT2D eigenvalue weighted by Gasteiger charge is -2.08. The molecule has 0 atom stereocenters. The van der Waals surface area contributed by atoms with Crippen LogP contribution in [0, 0.1) is 5.82 Å². The van der Waals surface area contributed by atoms with Crippen LogP contribution < -0.4 is 5.73 Å². The van der Waals surface area contributed by atoms with Gasteiger partial charge < -0.3 is 10.3 Å². The molecule has 3 heteroatoms. The maximum Gasteiger partial charge on any atom is 0.123 e. The fourth-order valence-corrected chi connectivity index (χ4v) is 2.50. The third kappa shape index (κ3) is 1.95. The smallest absolute Gasteiger partial charge is 0.123 e. The van der Waals surface area contributed by atoms with Gasteiger partial charge in [-0.25, -0.2) is 4.39 Å². The van der Waals surface area contributed by atoms with E-state index >= 15 is 0 Å². The van der Waals surface area contributed by atoms with Gasteiger partial charge in [0.15, 0.2) is 0 Å². The van der Waals surface area contributed by atoms with Crippen molar-refractivity contribution >= 4 is 10.9 Å². The molecule has 1 aromatic heterocycles. The van der Waals surface area contributed by atoms with E-state index in [1.807, 2.05) is 6.07 Å². The maximum atomic E-state index is 13.2. The van der Waals surface area contributed by atoms with E-state index in [9.17, 15) is 4.39 Å². The van der Waals surface area contributed by atoms with Crippen molar-refractivity contribution in [3.63, 3.8) is 0 Å². The molecule has 1 aliphatic carbocycles. The highest BCUT2D eigenvalue weighted by Crippen LogP contribution is 2.39. The zero-order valence-electron chi connectivity index (χ0n) is 9.82. The zero-order chi connectivity index (χ0) is 11.8. The van der Waals surface area contributed by atoms with Gasteiger partial charge in [0, 0.05) is 22.6 Å². The quantitative estimate of drug-likeness (QED) is 0.863. The lowest BCUT2D eigenvalue weighted by Crippen LogP contribution is -2.05. The second-order valence-electron chi connectivity index (χ2n) is 4.83. The molecule has 0 saturated heterocycles. The number of nitrogens with zero attached hydrogens (tertiary/aromatic N) is 1. The topological polar surface area (TPSA) is 30.9 Å². The number of nitrogens with two attached hydrogens (primary N) is 1. The van der Waals surface area contributed by atoms with Crippen molar-refractivity contribution in [2.75, 3.05) is 6.54 Å². The van der Waals surface area contributed by atoms with E-state index in [2.05, 4.69) is 10.6 Å². The summed E-state index contributed by atoms with van der Waals surface area (Å²) in [6.07, 6.45) is 4.47. The third-order valence-corrected chi connectivity index (χ3v) is 3.43. The first-order chi connectivity index (χ1) is 8.29. The minimum absolute atomic E-state index is 0.157. The number of aryl methyl sites for hydroxylation is 1. The van der Waals surface area contributed by atoms with Crippen LogP contribution in [0.3, 0.4) is 0 Å². The molecular formula is C14H17FN2. The number of rotatable bonds is 4. The molecule has 0 unspecified atom stereocenters. The first-order valence-electron chi connectivity index (χ1n) is 6.29. The van der Waals surface area contributed by atoms with Gasteiger partial charge >= 0.3 is 0 Å². The van der Waals surface area contributed by atoms with Crippen LogP contribution in [0.15, 0.2) is 24.3 Å². The molecule has 1 heterocycles. The molecular weight excluding hydrogens is 215 g/mol. The van der Waals surface area contributed by atoms with Gasteiger partial charge in [-0.05, 0) is 56.5 Å². The summed E-state index contributed by atoms with van der Waals surface area (Å²) >= 11 is 0. The number of fused-ring (bicyclic) bond motifs is 1. The first-order valence-corrected chi connectivity index (χ1v) is 6.29. The Bertz CT molecular complexity index is 540. The van der Waals surface area contributed by atoms with Gasteiger partial charge in [-0.3, -0.25) is 0 Å². The number of aromatic nitrogens is 1. The van der Waals surface area contributed by atoms with E-state index < -0.39 is 0 Å². The predicted octanol–water partition coefficient (Wildman–Crippen LogP) is 3.01. The van der Waals surface area contributed by atoms with Gasteiger partial charge in [0.05, 0.1) is 0 Å². The lowest BCUT2D eigenvalue weighted by atomic mass is 10.2. The molecule has 1 aliphatic rings. The Morgan fingerprint density at radius 3 is 2.82 bits per heavy atom. The molecule has 2 aromatic rings. The predicted molar refractivity (Wildman–Crippen MR) is 67.5 cm³/mol. The molecule has 1 aromatic carbocycles. The third-order valence-electron chi connectivity index (χ3n) is 3.43.